The molecule has 1 heterocycles. The number of carbonyl (C=O) groups excluding carboxylic acids is 2. The molecule has 5 nitrogen and oxygen atoms in total. The van der Waals surface area contributed by atoms with Gasteiger partial charge in [0, 0.05) is 11.3 Å². The summed E-state index contributed by atoms with van der Waals surface area (Å²) in [5.74, 6) is -1.69. The number of benzene rings is 4. The summed E-state index contributed by atoms with van der Waals surface area (Å²) in [5.41, 5.74) is 3.16. The van der Waals surface area contributed by atoms with E-state index in [1.54, 1.807) is 42.5 Å². The number of halogens is 1. The summed E-state index contributed by atoms with van der Waals surface area (Å²) in [6.07, 6.45) is 0. The summed E-state index contributed by atoms with van der Waals surface area (Å²) in [7, 11) is 0. The van der Waals surface area contributed by atoms with Gasteiger partial charge in [0.2, 0.25) is 0 Å². The monoisotopic (exact) mass is 493 g/mol. The molecule has 6 heteroatoms. The van der Waals surface area contributed by atoms with Gasteiger partial charge in [-0.2, -0.15) is 0 Å². The fourth-order valence-electron chi connectivity index (χ4n) is 4.50. The molecule has 4 aromatic carbocycles. The normalized spacial score (nSPS) is 16.7. The number of amides is 1. The molecule has 0 spiro atoms. The van der Waals surface area contributed by atoms with Crippen LogP contribution >= 0.6 is 0 Å². The molecule has 0 saturated carbocycles. The lowest BCUT2D eigenvalue weighted by Gasteiger charge is -2.25. The van der Waals surface area contributed by atoms with Crippen LogP contribution in [0.4, 0.5) is 10.1 Å². The van der Waals surface area contributed by atoms with E-state index in [-0.39, 0.29) is 11.3 Å². The number of rotatable bonds is 6. The van der Waals surface area contributed by atoms with E-state index in [2.05, 4.69) is 0 Å². The number of anilines is 1. The quantitative estimate of drug-likeness (QED) is 0.193. The van der Waals surface area contributed by atoms with Crippen LogP contribution < -0.4 is 9.64 Å². The zero-order chi connectivity index (χ0) is 25.9. The highest BCUT2D eigenvalue weighted by atomic mass is 19.1. The van der Waals surface area contributed by atoms with Crippen molar-refractivity contribution < 1.29 is 23.8 Å². The second kappa shape index (κ2) is 10.1. The van der Waals surface area contributed by atoms with Gasteiger partial charge in [0.1, 0.15) is 23.9 Å². The maximum atomic E-state index is 13.6. The smallest absolute Gasteiger partial charge is 0.300 e. The molecule has 0 aromatic heterocycles. The van der Waals surface area contributed by atoms with Crippen LogP contribution in [0.3, 0.4) is 0 Å². The molecule has 1 saturated heterocycles. The van der Waals surface area contributed by atoms with Crippen LogP contribution in [0.15, 0.2) is 109 Å². The minimum absolute atomic E-state index is 0.0297. The van der Waals surface area contributed by atoms with E-state index < -0.39 is 23.5 Å². The number of hydrogen-bond donors (Lipinski definition) is 1. The van der Waals surface area contributed by atoms with Gasteiger partial charge >= 0.3 is 0 Å². The molecule has 1 amide bonds. The highest BCUT2D eigenvalue weighted by Gasteiger charge is 2.46. The number of carbonyl (C=O) groups is 2. The van der Waals surface area contributed by atoms with Crippen LogP contribution in [0.25, 0.3) is 5.76 Å². The molecule has 4 aromatic rings. The average molecular weight is 494 g/mol. The Kier molecular flexibility index (Phi) is 6.56. The summed E-state index contributed by atoms with van der Waals surface area (Å²) >= 11 is 0. The number of ketones is 1. The largest absolute Gasteiger partial charge is 0.507 e. The van der Waals surface area contributed by atoms with Gasteiger partial charge in [0.05, 0.1) is 11.6 Å². The predicted molar refractivity (Wildman–Crippen MR) is 140 cm³/mol. The number of ether oxygens (including phenoxy) is 1. The number of aryl methyl sites for hydroxylation is 1. The highest BCUT2D eigenvalue weighted by Crippen LogP contribution is 2.42. The summed E-state index contributed by atoms with van der Waals surface area (Å²) in [5, 5.41) is 11.4. The molecule has 1 atom stereocenters. The summed E-state index contributed by atoms with van der Waals surface area (Å²) in [6, 6.07) is 28.3. The van der Waals surface area contributed by atoms with E-state index in [1.165, 1.54) is 29.2 Å². The first-order valence-electron chi connectivity index (χ1n) is 11.8. The zero-order valence-corrected chi connectivity index (χ0v) is 20.1. The lowest BCUT2D eigenvalue weighted by Crippen LogP contribution is -2.29. The van der Waals surface area contributed by atoms with E-state index in [4.69, 9.17) is 4.74 Å². The van der Waals surface area contributed by atoms with E-state index in [0.717, 1.165) is 11.1 Å². The van der Waals surface area contributed by atoms with Crippen molar-refractivity contribution >= 4 is 23.1 Å². The Morgan fingerprint density at radius 3 is 2.19 bits per heavy atom. The van der Waals surface area contributed by atoms with E-state index in [9.17, 15) is 19.1 Å². The maximum absolute atomic E-state index is 13.6. The predicted octanol–water partition coefficient (Wildman–Crippen LogP) is 6.34. The minimum atomic E-state index is -0.874. The van der Waals surface area contributed by atoms with Crippen molar-refractivity contribution in [3.63, 3.8) is 0 Å². The SMILES string of the molecule is Cc1cc(/C(O)=C2/C(=O)C(=O)N(c3ccc(F)cc3)C2c2ccccc2)ccc1OCc1ccccc1. The van der Waals surface area contributed by atoms with Gasteiger partial charge in [-0.25, -0.2) is 4.39 Å². The van der Waals surface area contributed by atoms with Crippen molar-refractivity contribution in [2.75, 3.05) is 4.90 Å². The molecule has 1 N–H and O–H groups in total. The number of Topliss-reactive ketones (excluding diaryl/α,β-unsaturated/α-hetero) is 1. The molecule has 0 radical (unpaired) electrons. The van der Waals surface area contributed by atoms with Gasteiger partial charge in [0.15, 0.2) is 0 Å². The summed E-state index contributed by atoms with van der Waals surface area (Å²) < 4.78 is 19.5. The van der Waals surface area contributed by atoms with Gasteiger partial charge in [0.25, 0.3) is 11.7 Å². The third-order valence-electron chi connectivity index (χ3n) is 6.35. The summed E-state index contributed by atoms with van der Waals surface area (Å²) in [6.45, 7) is 2.24. The van der Waals surface area contributed by atoms with Gasteiger partial charge in [-0.15, -0.1) is 0 Å². The molecular formula is C31H24FNO4. The number of hydrogen-bond acceptors (Lipinski definition) is 4. The Morgan fingerprint density at radius 1 is 0.892 bits per heavy atom. The van der Waals surface area contributed by atoms with E-state index in [0.29, 0.717) is 29.2 Å². The van der Waals surface area contributed by atoms with Crippen molar-refractivity contribution in [3.8, 4) is 5.75 Å². The number of nitrogens with zero attached hydrogens (tertiary/aromatic N) is 1. The highest BCUT2D eigenvalue weighted by molar-refractivity contribution is 6.51. The molecule has 1 unspecified atom stereocenters. The topological polar surface area (TPSA) is 66.8 Å². The standard InChI is InChI=1S/C31H24FNO4/c1-20-18-23(12-17-26(20)37-19-21-8-4-2-5-9-21)29(34)27-28(22-10-6-3-7-11-22)33(31(36)30(27)35)25-15-13-24(32)14-16-25/h2-18,28,34H,19H2,1H3/b29-27-. The fourth-order valence-corrected chi connectivity index (χ4v) is 4.50. The van der Waals surface area contributed by atoms with Crippen molar-refractivity contribution in [2.24, 2.45) is 0 Å². The Bertz CT molecular complexity index is 1480. The second-order valence-corrected chi connectivity index (χ2v) is 8.81. The van der Waals surface area contributed by atoms with Gasteiger partial charge < -0.3 is 9.84 Å². The van der Waals surface area contributed by atoms with E-state index >= 15 is 0 Å². The van der Waals surface area contributed by atoms with Crippen molar-refractivity contribution in [1.82, 2.24) is 0 Å². The Labute approximate surface area is 214 Å². The first-order valence-corrected chi connectivity index (χ1v) is 11.8. The van der Waals surface area contributed by atoms with Crippen LogP contribution in [0.1, 0.15) is 28.3 Å². The van der Waals surface area contributed by atoms with Crippen LogP contribution in [-0.2, 0) is 16.2 Å². The van der Waals surface area contributed by atoms with Crippen molar-refractivity contribution in [2.45, 2.75) is 19.6 Å². The molecule has 1 fully saturated rings. The number of aliphatic hydroxyl groups is 1. The molecule has 1 aliphatic heterocycles. The van der Waals surface area contributed by atoms with Crippen LogP contribution in [0.5, 0.6) is 5.75 Å². The third-order valence-corrected chi connectivity index (χ3v) is 6.35. The molecule has 37 heavy (non-hydrogen) atoms. The lowest BCUT2D eigenvalue weighted by atomic mass is 9.94. The zero-order valence-electron chi connectivity index (χ0n) is 20.1. The van der Waals surface area contributed by atoms with Crippen LogP contribution in [0.2, 0.25) is 0 Å². The molecule has 5 rings (SSSR count). The number of aliphatic hydroxyl groups excluding tert-OH is 1. The Balaban J connectivity index is 1.54. The Hall–Kier alpha value is -4.71. The minimum Gasteiger partial charge on any atom is -0.507 e. The molecular weight excluding hydrogens is 469 g/mol. The van der Waals surface area contributed by atoms with Crippen LogP contribution in [-0.4, -0.2) is 16.8 Å². The van der Waals surface area contributed by atoms with Gasteiger partial charge in [-0.05, 0) is 66.1 Å². The third kappa shape index (κ3) is 4.74. The fraction of sp³-hybridized carbons (Fsp3) is 0.0968. The van der Waals surface area contributed by atoms with Gasteiger partial charge in [-0.3, -0.25) is 14.5 Å². The van der Waals surface area contributed by atoms with Crippen molar-refractivity contribution in [1.29, 1.82) is 0 Å². The second-order valence-electron chi connectivity index (χ2n) is 8.81. The van der Waals surface area contributed by atoms with E-state index in [1.807, 2.05) is 43.3 Å². The molecule has 0 aliphatic carbocycles. The van der Waals surface area contributed by atoms with Crippen molar-refractivity contribution in [3.05, 3.63) is 137 Å². The average Bonchev–Trinajstić information content (AvgIpc) is 3.19. The van der Waals surface area contributed by atoms with Gasteiger partial charge in [-0.1, -0.05) is 60.7 Å². The molecule has 184 valence electrons. The first kappa shape index (κ1) is 24.0. The van der Waals surface area contributed by atoms with Crippen LogP contribution in [0, 0.1) is 12.7 Å². The Morgan fingerprint density at radius 2 is 1.54 bits per heavy atom. The lowest BCUT2D eigenvalue weighted by molar-refractivity contribution is -0.132. The first-order chi connectivity index (χ1) is 17.9. The molecule has 0 bridgehead atoms. The molecule has 1 aliphatic rings. The summed E-state index contributed by atoms with van der Waals surface area (Å²) in [4.78, 5) is 27.7. The maximum Gasteiger partial charge on any atom is 0.300 e.